The smallest absolute Gasteiger partial charge is 0.225 e. The highest BCUT2D eigenvalue weighted by Gasteiger charge is 2.27. The molecule has 1 saturated heterocycles. The second-order valence-corrected chi connectivity index (χ2v) is 9.52. The van der Waals surface area contributed by atoms with Crippen molar-refractivity contribution in [3.8, 4) is 11.3 Å². The second-order valence-electron chi connectivity index (χ2n) is 9.18. The number of benzene rings is 1. The zero-order valence-electron chi connectivity index (χ0n) is 18.9. The molecule has 6 rings (SSSR count). The lowest BCUT2D eigenvalue weighted by molar-refractivity contribution is -0.0298. The summed E-state index contributed by atoms with van der Waals surface area (Å²) >= 11 is 6.30. The van der Waals surface area contributed by atoms with Crippen molar-refractivity contribution >= 4 is 33.8 Å². The Bertz CT molecular complexity index is 1350. The van der Waals surface area contributed by atoms with Gasteiger partial charge in [0.15, 0.2) is 11.5 Å². The highest BCUT2D eigenvalue weighted by Crippen LogP contribution is 2.36. The van der Waals surface area contributed by atoms with Gasteiger partial charge in [-0.2, -0.15) is 4.98 Å². The van der Waals surface area contributed by atoms with Gasteiger partial charge in [0.25, 0.3) is 0 Å². The maximum atomic E-state index is 15.2. The lowest BCUT2D eigenvalue weighted by Gasteiger charge is -2.26. The van der Waals surface area contributed by atoms with E-state index in [0.717, 1.165) is 50.8 Å². The largest absolute Gasteiger partial charge is 0.381 e. The van der Waals surface area contributed by atoms with Gasteiger partial charge in [-0.25, -0.2) is 19.3 Å². The fourth-order valence-electron chi connectivity index (χ4n) is 5.28. The van der Waals surface area contributed by atoms with E-state index in [4.69, 9.17) is 21.1 Å². The zero-order valence-corrected chi connectivity index (χ0v) is 19.7. The molecule has 3 aromatic heterocycles. The molecule has 4 aromatic rings. The third-order valence-electron chi connectivity index (χ3n) is 7.04. The molecule has 3 atom stereocenters. The Kier molecular flexibility index (Phi) is 5.71. The molecular formula is C24H26ClFN6O2. The summed E-state index contributed by atoms with van der Waals surface area (Å²) < 4.78 is 28.6. The third kappa shape index (κ3) is 3.85. The number of hydrogen-bond donors (Lipinski definition) is 1. The Morgan fingerprint density at radius 1 is 1.12 bits per heavy atom. The van der Waals surface area contributed by atoms with Gasteiger partial charge < -0.3 is 14.5 Å². The second kappa shape index (κ2) is 8.87. The van der Waals surface area contributed by atoms with E-state index in [0.29, 0.717) is 40.1 Å². The molecule has 0 amide bonds. The van der Waals surface area contributed by atoms with Crippen molar-refractivity contribution in [1.29, 1.82) is 0 Å². The summed E-state index contributed by atoms with van der Waals surface area (Å²) in [4.78, 5) is 21.3. The van der Waals surface area contributed by atoms with Crippen LogP contribution in [0.4, 0.5) is 4.39 Å². The fourth-order valence-corrected chi connectivity index (χ4v) is 5.44. The molecule has 1 N–H and O–H groups in total. The van der Waals surface area contributed by atoms with Crippen LogP contribution in [0.25, 0.3) is 33.5 Å². The van der Waals surface area contributed by atoms with Gasteiger partial charge in [-0.1, -0.05) is 6.42 Å². The van der Waals surface area contributed by atoms with Crippen molar-refractivity contribution in [3.63, 3.8) is 0 Å². The van der Waals surface area contributed by atoms with E-state index in [2.05, 4.69) is 24.9 Å². The molecular weight excluding hydrogens is 459 g/mol. The first-order valence-electron chi connectivity index (χ1n) is 11.8. The van der Waals surface area contributed by atoms with Crippen molar-refractivity contribution in [2.45, 2.75) is 63.2 Å². The monoisotopic (exact) mass is 484 g/mol. The number of fused-ring (bicyclic) bond motifs is 2. The molecule has 10 heteroatoms. The molecule has 1 aliphatic heterocycles. The quantitative estimate of drug-likeness (QED) is 0.383. The third-order valence-corrected chi connectivity index (χ3v) is 7.21. The summed E-state index contributed by atoms with van der Waals surface area (Å²) in [5.74, 6) is 0.616. The molecule has 4 heterocycles. The van der Waals surface area contributed by atoms with Crippen LogP contribution in [-0.4, -0.2) is 49.3 Å². The zero-order chi connectivity index (χ0) is 23.2. The van der Waals surface area contributed by atoms with E-state index in [-0.39, 0.29) is 23.5 Å². The van der Waals surface area contributed by atoms with Crippen LogP contribution in [-0.2, 0) is 9.47 Å². The van der Waals surface area contributed by atoms with Gasteiger partial charge in [0.1, 0.15) is 28.8 Å². The molecule has 178 valence electrons. The maximum absolute atomic E-state index is 15.2. The average molecular weight is 485 g/mol. The van der Waals surface area contributed by atoms with E-state index in [1.807, 2.05) is 10.6 Å². The van der Waals surface area contributed by atoms with Gasteiger partial charge in [-0.15, -0.1) is 0 Å². The van der Waals surface area contributed by atoms with Crippen molar-refractivity contribution in [1.82, 2.24) is 29.5 Å². The lowest BCUT2D eigenvalue weighted by atomic mass is 9.87. The van der Waals surface area contributed by atoms with Gasteiger partial charge in [-0.3, -0.25) is 4.57 Å². The molecule has 1 unspecified atom stereocenters. The number of halogens is 2. The lowest BCUT2D eigenvalue weighted by Crippen LogP contribution is -2.21. The van der Waals surface area contributed by atoms with Gasteiger partial charge >= 0.3 is 0 Å². The van der Waals surface area contributed by atoms with Crippen molar-refractivity contribution < 1.29 is 13.9 Å². The van der Waals surface area contributed by atoms with E-state index < -0.39 is 5.82 Å². The molecule has 0 bridgehead atoms. The van der Waals surface area contributed by atoms with Crippen LogP contribution in [0.2, 0.25) is 5.28 Å². The summed E-state index contributed by atoms with van der Waals surface area (Å²) in [6.45, 7) is 0.701. The van der Waals surface area contributed by atoms with Gasteiger partial charge in [0.2, 0.25) is 5.28 Å². The normalized spacial score (nSPS) is 23.7. The van der Waals surface area contributed by atoms with Crippen LogP contribution < -0.4 is 0 Å². The summed E-state index contributed by atoms with van der Waals surface area (Å²) in [5.41, 5.74) is 3.16. The topological polar surface area (TPSA) is 90.7 Å². The molecule has 1 aromatic carbocycles. The van der Waals surface area contributed by atoms with Crippen molar-refractivity contribution in [2.24, 2.45) is 0 Å². The highest BCUT2D eigenvalue weighted by atomic mass is 35.5. The minimum absolute atomic E-state index is 0.0821. The summed E-state index contributed by atoms with van der Waals surface area (Å²) in [6.07, 6.45) is 8.79. The number of H-pyrrole nitrogens is 1. The van der Waals surface area contributed by atoms with Gasteiger partial charge in [0.05, 0.1) is 17.9 Å². The van der Waals surface area contributed by atoms with Crippen LogP contribution >= 0.6 is 11.6 Å². The predicted molar refractivity (Wildman–Crippen MR) is 126 cm³/mol. The van der Waals surface area contributed by atoms with E-state index in [1.165, 1.54) is 6.07 Å². The molecule has 1 aliphatic carbocycles. The van der Waals surface area contributed by atoms with Crippen molar-refractivity contribution in [2.75, 3.05) is 13.7 Å². The summed E-state index contributed by atoms with van der Waals surface area (Å²) in [5, 5.41) is 0.0821. The van der Waals surface area contributed by atoms with E-state index >= 15 is 4.39 Å². The number of aromatic amines is 1. The van der Waals surface area contributed by atoms with Gasteiger partial charge in [0, 0.05) is 25.2 Å². The van der Waals surface area contributed by atoms with Gasteiger partial charge in [-0.05, 0) is 62.3 Å². The number of imidazole rings is 2. The fraction of sp³-hybridized carbons (Fsp3) is 0.500. The Morgan fingerprint density at radius 2 is 2.03 bits per heavy atom. The summed E-state index contributed by atoms with van der Waals surface area (Å²) in [6, 6.07) is 3.31. The highest BCUT2D eigenvalue weighted by molar-refractivity contribution is 6.28. The first kappa shape index (κ1) is 21.9. The molecule has 2 fully saturated rings. The first-order valence-corrected chi connectivity index (χ1v) is 12.2. The standard InChI is InChI=1S/C24H26ClFN6O2/c1-33-15-6-4-5-13(9-15)22-28-17-11-14(10-16(26)20(17)29-22)19-21-23(31-24(25)30-19)32(12-27-21)18-7-2-3-8-34-18/h10-13,15,18H,2-9H2,1H3,(H,28,29)/t13-,15-,18?/m1/s1. The number of methoxy groups -OCH3 is 1. The van der Waals surface area contributed by atoms with Crippen LogP contribution in [0.5, 0.6) is 0 Å². The van der Waals surface area contributed by atoms with E-state index in [1.54, 1.807) is 13.4 Å². The van der Waals surface area contributed by atoms with E-state index in [9.17, 15) is 0 Å². The number of aromatic nitrogens is 6. The van der Waals surface area contributed by atoms with Crippen LogP contribution in [0.1, 0.15) is 62.9 Å². The Balaban J connectivity index is 1.41. The molecule has 0 radical (unpaired) electrons. The van der Waals surface area contributed by atoms with Crippen molar-refractivity contribution in [3.05, 3.63) is 35.4 Å². The number of nitrogens with zero attached hydrogens (tertiary/aromatic N) is 5. The number of ether oxygens (including phenoxy) is 2. The Morgan fingerprint density at radius 3 is 2.85 bits per heavy atom. The SMILES string of the molecule is CO[C@@H]1CCC[C@@H](c2nc3c(F)cc(-c4nc(Cl)nc5c4ncn5C4CCCCO4)cc3[nH]2)C1. The molecule has 8 nitrogen and oxygen atoms in total. The van der Waals surface area contributed by atoms with Crippen LogP contribution in [0, 0.1) is 5.82 Å². The molecule has 0 spiro atoms. The number of hydrogen-bond acceptors (Lipinski definition) is 6. The van der Waals surface area contributed by atoms with Crippen LogP contribution in [0.3, 0.4) is 0 Å². The Hall–Kier alpha value is -2.62. The molecule has 34 heavy (non-hydrogen) atoms. The number of nitrogens with one attached hydrogen (secondary N) is 1. The first-order chi connectivity index (χ1) is 16.6. The number of rotatable bonds is 4. The predicted octanol–water partition coefficient (Wildman–Crippen LogP) is 5.53. The minimum atomic E-state index is -0.410. The molecule has 2 aliphatic rings. The Labute approximate surface area is 200 Å². The van der Waals surface area contributed by atoms with Crippen LogP contribution in [0.15, 0.2) is 18.5 Å². The average Bonchev–Trinajstić information content (AvgIpc) is 3.49. The maximum Gasteiger partial charge on any atom is 0.225 e. The summed E-state index contributed by atoms with van der Waals surface area (Å²) in [7, 11) is 1.74. The molecule has 1 saturated carbocycles. The minimum Gasteiger partial charge on any atom is -0.381 e.